The lowest BCUT2D eigenvalue weighted by atomic mass is 10.2. The average Bonchev–Trinajstić information content (AvgIpc) is 2.72. The van der Waals surface area contributed by atoms with Crippen LogP contribution in [0.4, 0.5) is 0 Å². The number of aromatic nitrogens is 1. The molecule has 144 valence electrons. The molecule has 0 N–H and O–H groups in total. The Labute approximate surface area is 162 Å². The number of benzene rings is 1. The van der Waals surface area contributed by atoms with Gasteiger partial charge in [-0.1, -0.05) is 30.3 Å². The summed E-state index contributed by atoms with van der Waals surface area (Å²) in [4.78, 5) is 23.3. The number of carbonyl (C=O) groups is 1. The van der Waals surface area contributed by atoms with Crippen LogP contribution in [0.1, 0.15) is 17.5 Å². The van der Waals surface area contributed by atoms with Gasteiger partial charge in [-0.2, -0.15) is 0 Å². The Hall–Kier alpha value is -2.24. The minimum Gasteiger partial charge on any atom is -0.340 e. The fourth-order valence-corrected chi connectivity index (χ4v) is 3.42. The molecule has 2 aromatic rings. The third kappa shape index (κ3) is 6.45. The largest absolute Gasteiger partial charge is 0.340 e. The van der Waals surface area contributed by atoms with Crippen LogP contribution in [0.5, 0.6) is 0 Å². The Bertz CT molecular complexity index is 684. The van der Waals surface area contributed by atoms with Crippen molar-refractivity contribution in [1.82, 2.24) is 19.7 Å². The van der Waals surface area contributed by atoms with Crippen LogP contribution in [-0.4, -0.2) is 71.9 Å². The number of rotatable bonds is 8. The van der Waals surface area contributed by atoms with E-state index in [2.05, 4.69) is 46.1 Å². The van der Waals surface area contributed by atoms with E-state index in [1.807, 2.05) is 35.5 Å². The molecule has 2 heterocycles. The molecule has 5 nitrogen and oxygen atoms in total. The number of pyridine rings is 1. The highest BCUT2D eigenvalue weighted by molar-refractivity contribution is 5.76. The molecule has 0 radical (unpaired) electrons. The van der Waals surface area contributed by atoms with Gasteiger partial charge >= 0.3 is 0 Å². The molecule has 1 fully saturated rings. The van der Waals surface area contributed by atoms with Gasteiger partial charge in [0, 0.05) is 64.6 Å². The first kappa shape index (κ1) is 19.5. The number of hydrogen-bond acceptors (Lipinski definition) is 4. The van der Waals surface area contributed by atoms with Gasteiger partial charge in [0.2, 0.25) is 5.91 Å². The summed E-state index contributed by atoms with van der Waals surface area (Å²) in [7, 11) is 2.09. The number of piperazine rings is 1. The van der Waals surface area contributed by atoms with E-state index in [9.17, 15) is 4.79 Å². The van der Waals surface area contributed by atoms with Crippen molar-refractivity contribution in [2.75, 3.05) is 46.3 Å². The maximum atomic E-state index is 12.5. The van der Waals surface area contributed by atoms with Crippen molar-refractivity contribution in [1.29, 1.82) is 0 Å². The first-order valence-corrected chi connectivity index (χ1v) is 9.82. The Morgan fingerprint density at radius 1 is 0.963 bits per heavy atom. The van der Waals surface area contributed by atoms with Crippen molar-refractivity contribution in [3.8, 4) is 0 Å². The van der Waals surface area contributed by atoms with Crippen molar-refractivity contribution < 1.29 is 4.79 Å². The Morgan fingerprint density at radius 3 is 2.37 bits per heavy atom. The lowest BCUT2D eigenvalue weighted by Gasteiger charge is -2.35. The topological polar surface area (TPSA) is 39.7 Å². The monoisotopic (exact) mass is 366 g/mol. The maximum absolute atomic E-state index is 12.5. The SMILES string of the molecule is CN(CCC(=O)N1CCN(Cc2ccccc2)CC1)CCc1ccncc1. The molecule has 1 aromatic carbocycles. The molecule has 1 saturated heterocycles. The van der Waals surface area contributed by atoms with Gasteiger partial charge in [0.25, 0.3) is 0 Å². The second kappa shape index (κ2) is 10.2. The predicted molar refractivity (Wildman–Crippen MR) is 108 cm³/mol. The third-order valence-electron chi connectivity index (χ3n) is 5.21. The Kier molecular flexibility index (Phi) is 7.36. The fraction of sp³-hybridized carbons (Fsp3) is 0.455. The van der Waals surface area contributed by atoms with Crippen LogP contribution in [0.3, 0.4) is 0 Å². The summed E-state index contributed by atoms with van der Waals surface area (Å²) >= 11 is 0. The number of nitrogens with zero attached hydrogens (tertiary/aromatic N) is 4. The molecule has 0 atom stereocenters. The number of hydrogen-bond donors (Lipinski definition) is 0. The van der Waals surface area contributed by atoms with Crippen LogP contribution in [0.25, 0.3) is 0 Å². The van der Waals surface area contributed by atoms with Crippen molar-refractivity contribution >= 4 is 5.91 Å². The standard InChI is InChI=1S/C22H30N4O/c1-24(13-9-20-7-11-23-12-8-20)14-10-22(27)26-17-15-25(16-18-26)19-21-5-3-2-4-6-21/h2-8,11-12H,9-10,13-19H2,1H3. The van der Waals surface area contributed by atoms with Crippen LogP contribution in [0, 0.1) is 0 Å². The molecular weight excluding hydrogens is 336 g/mol. The second-order valence-electron chi connectivity index (χ2n) is 7.30. The molecule has 0 unspecified atom stereocenters. The minimum absolute atomic E-state index is 0.283. The fourth-order valence-electron chi connectivity index (χ4n) is 3.42. The van der Waals surface area contributed by atoms with Crippen LogP contribution >= 0.6 is 0 Å². The van der Waals surface area contributed by atoms with Gasteiger partial charge < -0.3 is 9.80 Å². The molecule has 5 heteroatoms. The zero-order valence-electron chi connectivity index (χ0n) is 16.3. The molecule has 0 bridgehead atoms. The quantitative estimate of drug-likeness (QED) is 0.719. The van der Waals surface area contributed by atoms with E-state index < -0.39 is 0 Å². The summed E-state index contributed by atoms with van der Waals surface area (Å²) in [6, 6.07) is 14.6. The van der Waals surface area contributed by atoms with E-state index in [-0.39, 0.29) is 5.91 Å². The van der Waals surface area contributed by atoms with Crippen molar-refractivity contribution in [3.05, 3.63) is 66.0 Å². The summed E-state index contributed by atoms with van der Waals surface area (Å²) in [6.45, 7) is 6.34. The van der Waals surface area contributed by atoms with Gasteiger partial charge in [-0.05, 0) is 36.7 Å². The lowest BCUT2D eigenvalue weighted by Crippen LogP contribution is -2.48. The normalized spacial score (nSPS) is 15.3. The Balaban J connectivity index is 1.33. The van der Waals surface area contributed by atoms with E-state index in [1.54, 1.807) is 0 Å². The van der Waals surface area contributed by atoms with Gasteiger partial charge in [-0.3, -0.25) is 14.7 Å². The summed E-state index contributed by atoms with van der Waals surface area (Å²) in [6.07, 6.45) is 5.25. The molecule has 1 aliphatic heterocycles. The number of carbonyl (C=O) groups excluding carboxylic acids is 1. The van der Waals surface area contributed by atoms with E-state index in [4.69, 9.17) is 0 Å². The lowest BCUT2D eigenvalue weighted by molar-refractivity contribution is -0.133. The third-order valence-corrected chi connectivity index (χ3v) is 5.21. The first-order valence-electron chi connectivity index (χ1n) is 9.82. The van der Waals surface area contributed by atoms with Gasteiger partial charge in [-0.25, -0.2) is 0 Å². The molecule has 0 aliphatic carbocycles. The highest BCUT2D eigenvalue weighted by atomic mass is 16.2. The number of amides is 1. The van der Waals surface area contributed by atoms with Crippen LogP contribution in [0.2, 0.25) is 0 Å². The zero-order chi connectivity index (χ0) is 18.9. The molecule has 3 rings (SSSR count). The van der Waals surface area contributed by atoms with Crippen LogP contribution in [0.15, 0.2) is 54.9 Å². The van der Waals surface area contributed by atoms with Gasteiger partial charge in [0.05, 0.1) is 0 Å². The van der Waals surface area contributed by atoms with Gasteiger partial charge in [0.15, 0.2) is 0 Å². The summed E-state index contributed by atoms with van der Waals surface area (Å²) < 4.78 is 0. The molecule has 27 heavy (non-hydrogen) atoms. The van der Waals surface area contributed by atoms with Gasteiger partial charge in [-0.15, -0.1) is 0 Å². The van der Waals surface area contributed by atoms with Crippen LogP contribution < -0.4 is 0 Å². The second-order valence-corrected chi connectivity index (χ2v) is 7.30. The molecular formula is C22H30N4O. The van der Waals surface area contributed by atoms with Crippen molar-refractivity contribution in [3.63, 3.8) is 0 Å². The highest BCUT2D eigenvalue weighted by Crippen LogP contribution is 2.09. The Morgan fingerprint density at radius 2 is 1.67 bits per heavy atom. The molecule has 1 aliphatic rings. The van der Waals surface area contributed by atoms with E-state index in [0.717, 1.165) is 52.2 Å². The highest BCUT2D eigenvalue weighted by Gasteiger charge is 2.21. The molecule has 1 aromatic heterocycles. The van der Waals surface area contributed by atoms with Crippen LogP contribution in [-0.2, 0) is 17.8 Å². The van der Waals surface area contributed by atoms with E-state index >= 15 is 0 Å². The molecule has 0 saturated carbocycles. The van der Waals surface area contributed by atoms with Crippen molar-refractivity contribution in [2.45, 2.75) is 19.4 Å². The molecule has 1 amide bonds. The minimum atomic E-state index is 0.283. The molecule has 0 spiro atoms. The zero-order valence-corrected chi connectivity index (χ0v) is 16.3. The number of likely N-dealkylation sites (N-methyl/N-ethyl adjacent to an activating group) is 1. The summed E-state index contributed by atoms with van der Waals surface area (Å²) in [5, 5.41) is 0. The van der Waals surface area contributed by atoms with Crippen molar-refractivity contribution in [2.24, 2.45) is 0 Å². The first-order chi connectivity index (χ1) is 13.2. The van der Waals surface area contributed by atoms with E-state index in [0.29, 0.717) is 6.42 Å². The van der Waals surface area contributed by atoms with Gasteiger partial charge in [0.1, 0.15) is 0 Å². The average molecular weight is 367 g/mol. The predicted octanol–water partition coefficient (Wildman–Crippen LogP) is 2.29. The smallest absolute Gasteiger partial charge is 0.223 e. The summed E-state index contributed by atoms with van der Waals surface area (Å²) in [5.74, 6) is 0.283. The summed E-state index contributed by atoms with van der Waals surface area (Å²) in [5.41, 5.74) is 2.63. The van der Waals surface area contributed by atoms with E-state index in [1.165, 1.54) is 11.1 Å². The maximum Gasteiger partial charge on any atom is 0.223 e.